The molecule has 0 radical (unpaired) electrons. The topological polar surface area (TPSA) is 132 Å². The molecule has 33 heavy (non-hydrogen) atoms. The molecule has 2 heterocycles. The zero-order valence-electron chi connectivity index (χ0n) is 20.2. The van der Waals surface area contributed by atoms with Crippen molar-refractivity contribution in [1.82, 2.24) is 10.6 Å². The van der Waals surface area contributed by atoms with Crippen molar-refractivity contribution in [1.29, 1.82) is 0 Å². The third kappa shape index (κ3) is 30.0. The van der Waals surface area contributed by atoms with E-state index in [0.29, 0.717) is 0 Å². The summed E-state index contributed by atoms with van der Waals surface area (Å²) in [5.41, 5.74) is 1.50. The van der Waals surface area contributed by atoms with E-state index < -0.39 is 10.4 Å². The number of aryl methyl sites for hydroxylation is 1. The van der Waals surface area contributed by atoms with Crippen LogP contribution in [0.25, 0.3) is 0 Å². The van der Waals surface area contributed by atoms with Gasteiger partial charge in [-0.2, -0.15) is 0 Å². The Kier molecular flexibility index (Phi) is 21.8. The van der Waals surface area contributed by atoms with Crippen molar-refractivity contribution in [3.05, 3.63) is 35.9 Å². The summed E-state index contributed by atoms with van der Waals surface area (Å²) in [6, 6.07) is 10.9. The van der Waals surface area contributed by atoms with Gasteiger partial charge in [0.1, 0.15) is 26.2 Å². The van der Waals surface area contributed by atoms with Gasteiger partial charge in [0.2, 0.25) is 12.7 Å². The minimum atomic E-state index is -5.17. The van der Waals surface area contributed by atoms with Crippen molar-refractivity contribution < 1.29 is 27.5 Å². The van der Waals surface area contributed by atoms with Crippen molar-refractivity contribution in [3.8, 4) is 0 Å². The first-order valence-electron chi connectivity index (χ1n) is 12.2. The molecule has 0 aliphatic carbocycles. The molecule has 1 aromatic rings. The minimum Gasteiger partial charge on any atom is -0.759 e. The molecular formula is C24H44N4O4S. The SMILES string of the molecule is C1=[NH+]CCN1.C1=[NH+]CCN1.CCCCCCCCCCCCc1ccccc1.O=S(=O)([O-])[O-]. The van der Waals surface area contributed by atoms with Crippen LogP contribution in [-0.4, -0.2) is 56.4 Å². The molecule has 1 aromatic carbocycles. The van der Waals surface area contributed by atoms with Gasteiger partial charge in [-0.25, -0.2) is 0 Å². The molecule has 2 aliphatic rings. The number of nitrogens with one attached hydrogen (secondary N) is 4. The van der Waals surface area contributed by atoms with Crippen LogP contribution in [0.15, 0.2) is 30.3 Å². The number of rotatable bonds is 11. The molecule has 4 N–H and O–H groups in total. The molecule has 9 heteroatoms. The van der Waals surface area contributed by atoms with Crippen LogP contribution in [0, 0.1) is 0 Å². The van der Waals surface area contributed by atoms with Crippen molar-refractivity contribution in [3.63, 3.8) is 0 Å². The Balaban J connectivity index is 0.000000544. The quantitative estimate of drug-likeness (QED) is 0.202. The number of benzene rings is 1. The van der Waals surface area contributed by atoms with E-state index in [-0.39, 0.29) is 0 Å². The molecule has 0 aromatic heterocycles. The van der Waals surface area contributed by atoms with Gasteiger partial charge in [0.05, 0.1) is 0 Å². The largest absolute Gasteiger partial charge is 0.759 e. The summed E-state index contributed by atoms with van der Waals surface area (Å²) >= 11 is 0. The molecule has 0 saturated heterocycles. The van der Waals surface area contributed by atoms with E-state index in [4.69, 9.17) is 17.5 Å². The fourth-order valence-electron chi connectivity index (χ4n) is 3.18. The highest BCUT2D eigenvalue weighted by molar-refractivity contribution is 7.79. The summed E-state index contributed by atoms with van der Waals surface area (Å²) in [5.74, 6) is 0. The second-order valence-corrected chi connectivity index (χ2v) is 8.75. The van der Waals surface area contributed by atoms with E-state index >= 15 is 0 Å². The van der Waals surface area contributed by atoms with Crippen LogP contribution < -0.4 is 20.6 Å². The van der Waals surface area contributed by atoms with Gasteiger partial charge in [0.15, 0.2) is 0 Å². The van der Waals surface area contributed by atoms with Crippen LogP contribution in [0.3, 0.4) is 0 Å². The molecule has 0 spiro atoms. The van der Waals surface area contributed by atoms with Crippen LogP contribution in [0.4, 0.5) is 0 Å². The third-order valence-corrected chi connectivity index (χ3v) is 4.90. The maximum atomic E-state index is 8.52. The van der Waals surface area contributed by atoms with Crippen LogP contribution in [0.2, 0.25) is 0 Å². The Bertz CT molecular complexity index is 662. The maximum Gasteiger partial charge on any atom is 0.230 e. The Morgan fingerprint density at radius 2 is 1.18 bits per heavy atom. The van der Waals surface area contributed by atoms with Gasteiger partial charge in [-0.3, -0.25) is 29.0 Å². The van der Waals surface area contributed by atoms with E-state index in [0.717, 1.165) is 26.2 Å². The summed E-state index contributed by atoms with van der Waals surface area (Å²) in [5, 5.41) is 5.97. The summed E-state index contributed by atoms with van der Waals surface area (Å²) in [4.78, 5) is 5.97. The van der Waals surface area contributed by atoms with Gasteiger partial charge in [-0.1, -0.05) is 95.0 Å². The number of hydrogen-bond donors (Lipinski definition) is 4. The van der Waals surface area contributed by atoms with Gasteiger partial charge >= 0.3 is 0 Å². The van der Waals surface area contributed by atoms with Crippen LogP contribution in [0.1, 0.15) is 76.7 Å². The second kappa shape index (κ2) is 23.2. The van der Waals surface area contributed by atoms with E-state index in [1.54, 1.807) is 0 Å². The average molecular weight is 485 g/mol. The molecule has 0 fully saturated rings. The zero-order valence-corrected chi connectivity index (χ0v) is 21.0. The lowest BCUT2D eigenvalue weighted by atomic mass is 10.0. The van der Waals surface area contributed by atoms with E-state index in [1.165, 1.54) is 76.2 Å². The molecule has 0 amide bonds. The van der Waals surface area contributed by atoms with Crippen LogP contribution >= 0.6 is 0 Å². The average Bonchev–Trinajstić information content (AvgIpc) is 3.54. The number of hydrogen-bond acceptors (Lipinski definition) is 6. The molecule has 2 aliphatic heterocycles. The molecule has 0 atom stereocenters. The lowest BCUT2D eigenvalue weighted by Gasteiger charge is -2.06. The highest BCUT2D eigenvalue weighted by Crippen LogP contribution is 2.12. The maximum absolute atomic E-state index is 8.52. The van der Waals surface area contributed by atoms with Crippen LogP contribution in [0.5, 0.6) is 0 Å². The zero-order chi connectivity index (χ0) is 24.5. The molecule has 0 bridgehead atoms. The molecule has 8 nitrogen and oxygen atoms in total. The highest BCUT2D eigenvalue weighted by Gasteiger charge is 1.94. The predicted molar refractivity (Wildman–Crippen MR) is 132 cm³/mol. The monoisotopic (exact) mass is 484 g/mol. The molecule has 0 unspecified atom stereocenters. The molecule has 0 saturated carbocycles. The molecular weight excluding hydrogens is 440 g/mol. The number of unbranched alkanes of at least 4 members (excludes halogenated alkanes) is 9. The molecule has 3 rings (SSSR count). The van der Waals surface area contributed by atoms with Gasteiger partial charge in [0.25, 0.3) is 0 Å². The fraction of sp³-hybridized carbons (Fsp3) is 0.667. The first kappa shape index (κ1) is 31.0. The van der Waals surface area contributed by atoms with Gasteiger partial charge in [0, 0.05) is 10.4 Å². The van der Waals surface area contributed by atoms with Gasteiger partial charge in [-0.05, 0) is 18.4 Å². The summed E-state index contributed by atoms with van der Waals surface area (Å²) in [7, 11) is -5.17. The highest BCUT2D eigenvalue weighted by atomic mass is 32.3. The third-order valence-electron chi connectivity index (χ3n) is 4.90. The van der Waals surface area contributed by atoms with Crippen molar-refractivity contribution in [2.45, 2.75) is 77.6 Å². The van der Waals surface area contributed by atoms with Crippen molar-refractivity contribution in [2.24, 2.45) is 0 Å². The molecule has 190 valence electrons. The summed E-state index contributed by atoms with van der Waals surface area (Å²) < 4.78 is 34.1. The van der Waals surface area contributed by atoms with Crippen molar-refractivity contribution in [2.75, 3.05) is 26.2 Å². The van der Waals surface area contributed by atoms with E-state index in [9.17, 15) is 0 Å². The predicted octanol–water partition coefficient (Wildman–Crippen LogP) is 0.209. The van der Waals surface area contributed by atoms with E-state index in [1.807, 2.05) is 12.7 Å². The van der Waals surface area contributed by atoms with Crippen LogP contribution in [-0.2, 0) is 16.8 Å². The first-order chi connectivity index (χ1) is 15.9. The normalized spacial score (nSPS) is 13.4. The summed E-state index contributed by atoms with van der Waals surface area (Å²) in [6.45, 7) is 6.62. The van der Waals surface area contributed by atoms with Gasteiger partial charge < -0.3 is 9.11 Å². The Hall–Kier alpha value is -1.97. The Labute approximate surface area is 201 Å². The second-order valence-electron chi connectivity index (χ2n) is 7.93. The van der Waals surface area contributed by atoms with E-state index in [2.05, 4.69) is 57.9 Å². The Morgan fingerprint density at radius 1 is 0.758 bits per heavy atom. The fourth-order valence-corrected chi connectivity index (χ4v) is 3.18. The minimum absolute atomic E-state index is 1.08. The lowest BCUT2D eigenvalue weighted by Crippen LogP contribution is -2.66. The van der Waals surface area contributed by atoms with Crippen molar-refractivity contribution >= 4 is 23.1 Å². The standard InChI is InChI=1S/C18H30.2C3H6N2.H2O4S/c1-2-3-4-5-6-7-8-9-10-12-15-18-16-13-11-14-17-18;2*1-2-5-3-4-1;1-5(2,3)4/h11,13-14,16-17H,2-10,12,15H2,1H3;2*3H,1-2H2,(H,4,5);(H2,1,2,3,4). The summed E-state index contributed by atoms with van der Waals surface area (Å²) in [6.07, 6.45) is 19.2. The smallest absolute Gasteiger partial charge is 0.230 e. The van der Waals surface area contributed by atoms with Gasteiger partial charge in [-0.15, -0.1) is 0 Å². The first-order valence-corrected chi connectivity index (χ1v) is 13.5. The Morgan fingerprint density at radius 3 is 1.52 bits per heavy atom. The lowest BCUT2D eigenvalue weighted by molar-refractivity contribution is -0.439.